The Morgan fingerprint density at radius 1 is 1.02 bits per heavy atom. The first-order valence-electron chi connectivity index (χ1n) is 14.0. The number of halogens is 1. The average Bonchev–Trinajstić information content (AvgIpc) is 3.61. The second-order valence-corrected chi connectivity index (χ2v) is 13.6. The molecule has 210 valence electrons. The molecule has 40 heavy (non-hydrogen) atoms. The van der Waals surface area contributed by atoms with E-state index in [9.17, 15) is 8.42 Å². The number of para-hydroxylation sites is 1. The number of nitrogens with zero attached hydrogens (tertiary/aromatic N) is 5. The summed E-state index contributed by atoms with van der Waals surface area (Å²) in [4.78, 5) is 7.26. The van der Waals surface area contributed by atoms with Crippen LogP contribution in [0.2, 0.25) is 5.02 Å². The molecule has 6 rings (SSSR count). The zero-order valence-electron chi connectivity index (χ0n) is 23.1. The second-order valence-electron chi connectivity index (χ2n) is 11.5. The largest absolute Gasteiger partial charge is 0.355 e. The Morgan fingerprint density at radius 2 is 1.73 bits per heavy atom. The minimum atomic E-state index is -3.87. The molecule has 10 heteroatoms. The van der Waals surface area contributed by atoms with Gasteiger partial charge in [-0.15, -0.1) is 10.2 Å². The predicted molar refractivity (Wildman–Crippen MR) is 158 cm³/mol. The van der Waals surface area contributed by atoms with Crippen LogP contribution in [0.1, 0.15) is 69.8 Å². The Hall–Kier alpha value is -3.01. The third-order valence-corrected chi connectivity index (χ3v) is 10.4. The highest BCUT2D eigenvalue weighted by Gasteiger charge is 2.50. The van der Waals surface area contributed by atoms with Gasteiger partial charge in [-0.05, 0) is 76.3 Å². The molecular formula is C30H35ClN6O2S. The molecule has 8 nitrogen and oxygen atoms in total. The molecule has 3 heterocycles. The molecule has 1 aliphatic carbocycles. The number of nitrogens with one attached hydrogen (secondary N) is 1. The summed E-state index contributed by atoms with van der Waals surface area (Å²) in [6.07, 6.45) is 5.35. The lowest BCUT2D eigenvalue weighted by Gasteiger charge is -2.34. The van der Waals surface area contributed by atoms with Crippen LogP contribution in [0.15, 0.2) is 65.8 Å². The van der Waals surface area contributed by atoms with E-state index in [0.29, 0.717) is 23.9 Å². The van der Waals surface area contributed by atoms with Crippen LogP contribution in [0.4, 0.5) is 5.82 Å². The van der Waals surface area contributed by atoms with Gasteiger partial charge in [0.25, 0.3) is 0 Å². The van der Waals surface area contributed by atoms with E-state index >= 15 is 0 Å². The molecule has 2 aromatic heterocycles. The van der Waals surface area contributed by atoms with Gasteiger partial charge < -0.3 is 9.47 Å². The minimum Gasteiger partial charge on any atom is -0.355 e. The smallest absolute Gasteiger partial charge is 0.244 e. The standard InChI is InChI=1S/C30H35ClN6O2S/c1-20(2)37-19-32-34-28(37)22-12-16-36(17-13-22)29-27(18-23-6-4-5-7-26(23)33-29)40(38,39)35-21(3)30(14-15-30)24-8-10-25(31)11-9-24/h4-11,18-22,35H,12-17H2,1-3H3. The van der Waals surface area contributed by atoms with Crippen LogP contribution in [-0.4, -0.2) is 47.3 Å². The van der Waals surface area contributed by atoms with E-state index in [-0.39, 0.29) is 28.3 Å². The van der Waals surface area contributed by atoms with Gasteiger partial charge in [0, 0.05) is 46.9 Å². The van der Waals surface area contributed by atoms with Crippen molar-refractivity contribution >= 4 is 38.3 Å². The molecular weight excluding hydrogens is 544 g/mol. The summed E-state index contributed by atoms with van der Waals surface area (Å²) in [5.74, 6) is 1.79. The first kappa shape index (κ1) is 27.2. The Labute approximate surface area is 240 Å². The van der Waals surface area contributed by atoms with Crippen molar-refractivity contribution in [3.05, 3.63) is 77.3 Å². The molecule has 2 aliphatic rings. The third kappa shape index (κ3) is 4.99. The highest BCUT2D eigenvalue weighted by atomic mass is 35.5. The highest BCUT2D eigenvalue weighted by Crippen LogP contribution is 2.51. The number of hydrogen-bond donors (Lipinski definition) is 1. The number of pyridine rings is 1. The summed E-state index contributed by atoms with van der Waals surface area (Å²) in [5, 5.41) is 10.0. The Kier molecular flexibility index (Phi) is 7.09. The first-order valence-corrected chi connectivity index (χ1v) is 15.9. The van der Waals surface area contributed by atoms with Crippen molar-refractivity contribution in [2.24, 2.45) is 0 Å². The topological polar surface area (TPSA) is 93.0 Å². The van der Waals surface area contributed by atoms with E-state index in [1.807, 2.05) is 55.5 Å². The maximum absolute atomic E-state index is 14.1. The van der Waals surface area contributed by atoms with Gasteiger partial charge in [-0.25, -0.2) is 18.1 Å². The van der Waals surface area contributed by atoms with Gasteiger partial charge in [-0.2, -0.15) is 0 Å². The van der Waals surface area contributed by atoms with Crippen molar-refractivity contribution in [1.82, 2.24) is 24.5 Å². The second kappa shape index (κ2) is 10.4. The lowest BCUT2D eigenvalue weighted by molar-refractivity contribution is 0.446. The van der Waals surface area contributed by atoms with E-state index in [4.69, 9.17) is 16.6 Å². The molecule has 1 unspecified atom stereocenters. The predicted octanol–water partition coefficient (Wildman–Crippen LogP) is 5.84. The van der Waals surface area contributed by atoms with Crippen LogP contribution in [0.5, 0.6) is 0 Å². The van der Waals surface area contributed by atoms with Gasteiger partial charge in [-0.1, -0.05) is 41.9 Å². The lowest BCUT2D eigenvalue weighted by atomic mass is 9.90. The van der Waals surface area contributed by atoms with E-state index in [1.54, 1.807) is 12.4 Å². The van der Waals surface area contributed by atoms with Gasteiger partial charge in [-0.3, -0.25) is 0 Å². The first-order chi connectivity index (χ1) is 19.2. The van der Waals surface area contributed by atoms with Crippen molar-refractivity contribution < 1.29 is 8.42 Å². The van der Waals surface area contributed by atoms with Crippen LogP contribution < -0.4 is 9.62 Å². The quantitative estimate of drug-likeness (QED) is 0.282. The number of sulfonamides is 1. The Bertz CT molecular complexity index is 1620. The molecule has 4 aromatic rings. The number of fused-ring (bicyclic) bond motifs is 1. The monoisotopic (exact) mass is 578 g/mol. The van der Waals surface area contributed by atoms with Crippen LogP contribution in [0.25, 0.3) is 10.9 Å². The molecule has 2 aromatic carbocycles. The fourth-order valence-electron chi connectivity index (χ4n) is 6.10. The number of benzene rings is 2. The van der Waals surface area contributed by atoms with Gasteiger partial charge in [0.2, 0.25) is 10.0 Å². The number of rotatable bonds is 8. The van der Waals surface area contributed by atoms with Crippen molar-refractivity contribution in [3.8, 4) is 0 Å². The van der Waals surface area contributed by atoms with Crippen molar-refractivity contribution in [1.29, 1.82) is 0 Å². The Morgan fingerprint density at radius 3 is 2.40 bits per heavy atom. The fraction of sp³-hybridized carbons (Fsp3) is 0.433. The zero-order chi connectivity index (χ0) is 28.1. The maximum atomic E-state index is 14.1. The zero-order valence-corrected chi connectivity index (χ0v) is 24.7. The SMILES string of the molecule is CC(C)n1cnnc1C1CCN(c2nc3ccccc3cc2S(=O)(=O)NC(C)C2(c3ccc(Cl)cc3)CC2)CC1. The molecule has 1 N–H and O–H groups in total. The lowest BCUT2D eigenvalue weighted by Crippen LogP contribution is -2.42. The number of aromatic nitrogens is 4. The van der Waals surface area contributed by atoms with Crippen molar-refractivity contribution in [2.75, 3.05) is 18.0 Å². The fourth-order valence-corrected chi connectivity index (χ4v) is 7.74. The molecule has 1 saturated heterocycles. The molecule has 1 aliphatic heterocycles. The van der Waals surface area contributed by atoms with Gasteiger partial charge in [0.1, 0.15) is 22.9 Å². The van der Waals surface area contributed by atoms with Crippen LogP contribution in [0, 0.1) is 0 Å². The van der Waals surface area contributed by atoms with E-state index in [0.717, 1.165) is 48.0 Å². The summed E-state index contributed by atoms with van der Waals surface area (Å²) in [6.45, 7) is 7.60. The van der Waals surface area contributed by atoms with Gasteiger partial charge in [0.05, 0.1) is 5.52 Å². The summed E-state index contributed by atoms with van der Waals surface area (Å²) in [7, 11) is -3.87. The molecule has 2 fully saturated rings. The summed E-state index contributed by atoms with van der Waals surface area (Å²) in [6, 6.07) is 17.2. The average molecular weight is 579 g/mol. The van der Waals surface area contributed by atoms with Crippen molar-refractivity contribution in [2.45, 2.75) is 74.8 Å². The molecule has 1 saturated carbocycles. The number of anilines is 1. The summed E-state index contributed by atoms with van der Waals surface area (Å²) < 4.78 is 33.3. The van der Waals surface area contributed by atoms with Crippen molar-refractivity contribution in [3.63, 3.8) is 0 Å². The summed E-state index contributed by atoms with van der Waals surface area (Å²) >= 11 is 6.12. The highest BCUT2D eigenvalue weighted by molar-refractivity contribution is 7.89. The molecule has 0 bridgehead atoms. The van der Waals surface area contributed by atoms with Crippen LogP contribution >= 0.6 is 11.6 Å². The normalized spacial score (nSPS) is 18.4. The number of hydrogen-bond acceptors (Lipinski definition) is 6. The molecule has 1 atom stereocenters. The summed E-state index contributed by atoms with van der Waals surface area (Å²) in [5.41, 5.74) is 1.67. The van der Waals surface area contributed by atoms with Crippen LogP contribution in [-0.2, 0) is 15.4 Å². The number of piperidine rings is 1. The minimum absolute atomic E-state index is 0.229. The molecule has 0 spiro atoms. The maximum Gasteiger partial charge on any atom is 0.244 e. The molecule has 0 amide bonds. The van der Waals surface area contributed by atoms with E-state index < -0.39 is 10.0 Å². The van der Waals surface area contributed by atoms with E-state index in [1.165, 1.54) is 0 Å². The Balaban J connectivity index is 1.29. The van der Waals surface area contributed by atoms with Gasteiger partial charge >= 0.3 is 0 Å². The third-order valence-electron chi connectivity index (χ3n) is 8.64. The van der Waals surface area contributed by atoms with Gasteiger partial charge in [0.15, 0.2) is 0 Å². The molecule has 0 radical (unpaired) electrons. The van der Waals surface area contributed by atoms with Crippen LogP contribution in [0.3, 0.4) is 0 Å². The van der Waals surface area contributed by atoms with E-state index in [2.05, 4.69) is 38.2 Å².